The molecule has 1 N–H and O–H groups in total. The van der Waals surface area contributed by atoms with Crippen molar-refractivity contribution in [1.29, 1.82) is 0 Å². The number of nitrogens with zero attached hydrogens (tertiary/aromatic N) is 1. The molecule has 2 nitrogen and oxygen atoms in total. The number of aromatic nitrogens is 1. The molecule has 0 spiro atoms. The van der Waals surface area contributed by atoms with Crippen LogP contribution in [0.4, 0.5) is 0 Å². The maximum absolute atomic E-state index is 4.98. The lowest BCUT2D eigenvalue weighted by molar-refractivity contribution is 0.508. The Morgan fingerprint density at radius 2 is 2.24 bits per heavy atom. The minimum absolute atomic E-state index is 0.609. The maximum Gasteiger partial charge on any atom is 0.0975 e. The molecular formula is C17H21BrN2S. The fraction of sp³-hybridized carbons (Fsp3) is 0.471. The number of aryl methyl sites for hydroxylation is 1. The summed E-state index contributed by atoms with van der Waals surface area (Å²) >= 11 is 5.55. The molecule has 2 aromatic rings. The normalized spacial score (nSPS) is 17.7. The summed E-state index contributed by atoms with van der Waals surface area (Å²) < 4.78 is 1.18. The monoisotopic (exact) mass is 364 g/mol. The summed E-state index contributed by atoms with van der Waals surface area (Å²) in [5, 5.41) is 4.74. The second kappa shape index (κ2) is 7.03. The summed E-state index contributed by atoms with van der Waals surface area (Å²) in [7, 11) is 0. The van der Waals surface area contributed by atoms with Crippen LogP contribution in [0.25, 0.3) is 0 Å². The van der Waals surface area contributed by atoms with Crippen molar-refractivity contribution in [2.24, 2.45) is 0 Å². The van der Waals surface area contributed by atoms with E-state index < -0.39 is 0 Å². The molecule has 0 bridgehead atoms. The Labute approximate surface area is 139 Å². The van der Waals surface area contributed by atoms with E-state index in [0.29, 0.717) is 5.92 Å². The number of likely N-dealkylation sites (N-methyl/N-ethyl adjacent to an activating group) is 1. The van der Waals surface area contributed by atoms with Gasteiger partial charge in [0, 0.05) is 28.2 Å². The van der Waals surface area contributed by atoms with Crippen LogP contribution in [0.15, 0.2) is 28.7 Å². The zero-order valence-corrected chi connectivity index (χ0v) is 14.8. The average molecular weight is 365 g/mol. The summed E-state index contributed by atoms with van der Waals surface area (Å²) in [5.74, 6) is 0.609. The smallest absolute Gasteiger partial charge is 0.0975 e. The largest absolute Gasteiger partial charge is 0.316 e. The highest BCUT2D eigenvalue weighted by Crippen LogP contribution is 2.35. The van der Waals surface area contributed by atoms with Crippen LogP contribution >= 0.6 is 27.3 Å². The Kier molecular flexibility index (Phi) is 5.09. The number of benzene rings is 1. The summed E-state index contributed by atoms with van der Waals surface area (Å²) in [4.78, 5) is 6.50. The summed E-state index contributed by atoms with van der Waals surface area (Å²) in [6, 6.07) is 8.45. The molecule has 1 aromatic heterocycles. The number of hydrogen-bond donors (Lipinski definition) is 1. The predicted molar refractivity (Wildman–Crippen MR) is 93.3 cm³/mol. The van der Waals surface area contributed by atoms with Crippen LogP contribution in [0, 0.1) is 0 Å². The number of thiazole rings is 1. The molecule has 0 amide bonds. The Bertz CT molecular complexity index is 609. The molecule has 0 fully saturated rings. The van der Waals surface area contributed by atoms with Crippen molar-refractivity contribution >= 4 is 27.3 Å². The average Bonchev–Trinajstić information content (AvgIpc) is 2.90. The second-order valence-electron chi connectivity index (χ2n) is 5.58. The van der Waals surface area contributed by atoms with Gasteiger partial charge in [0.15, 0.2) is 0 Å². The summed E-state index contributed by atoms with van der Waals surface area (Å²) in [6.45, 7) is 4.28. The fourth-order valence-corrected chi connectivity index (χ4v) is 4.60. The van der Waals surface area contributed by atoms with E-state index in [1.807, 2.05) is 11.3 Å². The predicted octanol–water partition coefficient (Wildman–Crippen LogP) is 4.53. The van der Waals surface area contributed by atoms with E-state index in [1.165, 1.54) is 44.9 Å². The molecule has 1 heterocycles. The Morgan fingerprint density at radius 3 is 3.05 bits per heavy atom. The van der Waals surface area contributed by atoms with Gasteiger partial charge in [-0.1, -0.05) is 41.1 Å². The highest BCUT2D eigenvalue weighted by atomic mass is 79.9. The Morgan fingerprint density at radius 1 is 1.38 bits per heavy atom. The second-order valence-corrected chi connectivity index (χ2v) is 7.60. The van der Waals surface area contributed by atoms with Crippen LogP contribution in [0.5, 0.6) is 0 Å². The van der Waals surface area contributed by atoms with E-state index in [-0.39, 0.29) is 0 Å². The number of halogens is 1. The maximum atomic E-state index is 4.98. The quantitative estimate of drug-likeness (QED) is 0.842. The van der Waals surface area contributed by atoms with Gasteiger partial charge in [-0.05, 0) is 37.4 Å². The number of nitrogens with one attached hydrogen (secondary N) is 1. The van der Waals surface area contributed by atoms with E-state index >= 15 is 0 Å². The van der Waals surface area contributed by atoms with Gasteiger partial charge in [-0.25, -0.2) is 4.98 Å². The van der Waals surface area contributed by atoms with E-state index in [0.717, 1.165) is 19.5 Å². The van der Waals surface area contributed by atoms with Crippen molar-refractivity contribution in [3.63, 3.8) is 0 Å². The SMILES string of the molecule is CCNCC1CCCc2sc(Cc3ccccc3Br)nc21. The van der Waals surface area contributed by atoms with Crippen molar-refractivity contribution in [2.45, 2.75) is 38.5 Å². The minimum atomic E-state index is 0.609. The molecule has 3 rings (SSSR count). The molecule has 4 heteroatoms. The third kappa shape index (κ3) is 3.55. The van der Waals surface area contributed by atoms with Gasteiger partial charge in [0.2, 0.25) is 0 Å². The lowest BCUT2D eigenvalue weighted by Gasteiger charge is -2.21. The van der Waals surface area contributed by atoms with Gasteiger partial charge in [0.05, 0.1) is 10.7 Å². The molecule has 0 saturated carbocycles. The van der Waals surface area contributed by atoms with Crippen LogP contribution in [-0.2, 0) is 12.8 Å². The number of fused-ring (bicyclic) bond motifs is 1. The standard InChI is InChI=1S/C17H21BrN2S/c1-2-19-11-13-7-5-9-15-17(13)20-16(21-15)10-12-6-3-4-8-14(12)18/h3-4,6,8,13,19H,2,5,7,9-11H2,1H3. The van der Waals surface area contributed by atoms with Crippen LogP contribution in [0.2, 0.25) is 0 Å². The lowest BCUT2D eigenvalue weighted by Crippen LogP contribution is -2.24. The zero-order chi connectivity index (χ0) is 14.7. The van der Waals surface area contributed by atoms with Crippen LogP contribution < -0.4 is 5.32 Å². The molecule has 112 valence electrons. The third-order valence-corrected chi connectivity index (χ3v) is 5.96. The van der Waals surface area contributed by atoms with Gasteiger partial charge in [-0.2, -0.15) is 0 Å². The number of rotatable bonds is 5. The molecule has 1 aromatic carbocycles. The first-order valence-electron chi connectivity index (χ1n) is 7.70. The molecule has 1 unspecified atom stereocenters. The third-order valence-electron chi connectivity index (χ3n) is 4.06. The molecular weight excluding hydrogens is 344 g/mol. The molecule has 21 heavy (non-hydrogen) atoms. The molecule has 1 atom stereocenters. The lowest BCUT2D eigenvalue weighted by atomic mass is 9.91. The van der Waals surface area contributed by atoms with Gasteiger partial charge >= 0.3 is 0 Å². The van der Waals surface area contributed by atoms with Gasteiger partial charge in [0.1, 0.15) is 0 Å². The van der Waals surface area contributed by atoms with Gasteiger partial charge < -0.3 is 5.32 Å². The molecule has 1 aliphatic carbocycles. The molecule has 0 radical (unpaired) electrons. The highest BCUT2D eigenvalue weighted by molar-refractivity contribution is 9.10. The fourth-order valence-electron chi connectivity index (χ4n) is 2.96. The van der Waals surface area contributed by atoms with Gasteiger partial charge in [0.25, 0.3) is 0 Å². The van der Waals surface area contributed by atoms with Crippen molar-refractivity contribution in [3.05, 3.63) is 49.9 Å². The van der Waals surface area contributed by atoms with E-state index in [2.05, 4.69) is 52.4 Å². The van der Waals surface area contributed by atoms with Crippen LogP contribution in [0.3, 0.4) is 0 Å². The van der Waals surface area contributed by atoms with Gasteiger partial charge in [-0.15, -0.1) is 11.3 Å². The Hall–Kier alpha value is -0.710. The van der Waals surface area contributed by atoms with Crippen molar-refractivity contribution in [3.8, 4) is 0 Å². The summed E-state index contributed by atoms with van der Waals surface area (Å²) in [5.41, 5.74) is 2.70. The van der Waals surface area contributed by atoms with E-state index in [4.69, 9.17) is 4.98 Å². The van der Waals surface area contributed by atoms with E-state index in [1.54, 1.807) is 0 Å². The van der Waals surface area contributed by atoms with Crippen LogP contribution in [0.1, 0.15) is 46.8 Å². The van der Waals surface area contributed by atoms with Crippen molar-refractivity contribution in [1.82, 2.24) is 10.3 Å². The van der Waals surface area contributed by atoms with Gasteiger partial charge in [-0.3, -0.25) is 0 Å². The molecule has 0 saturated heterocycles. The van der Waals surface area contributed by atoms with Crippen molar-refractivity contribution < 1.29 is 0 Å². The van der Waals surface area contributed by atoms with Crippen LogP contribution in [-0.4, -0.2) is 18.1 Å². The highest BCUT2D eigenvalue weighted by Gasteiger charge is 2.24. The molecule has 0 aliphatic heterocycles. The first-order valence-corrected chi connectivity index (χ1v) is 9.31. The van der Waals surface area contributed by atoms with Crippen molar-refractivity contribution in [2.75, 3.05) is 13.1 Å². The number of hydrogen-bond acceptors (Lipinski definition) is 3. The topological polar surface area (TPSA) is 24.9 Å². The Balaban J connectivity index is 1.80. The zero-order valence-electron chi connectivity index (χ0n) is 12.4. The first-order chi connectivity index (χ1) is 10.3. The first kappa shape index (κ1) is 15.2. The van der Waals surface area contributed by atoms with E-state index in [9.17, 15) is 0 Å². The minimum Gasteiger partial charge on any atom is -0.316 e. The molecule has 1 aliphatic rings. The summed E-state index contributed by atoms with van der Waals surface area (Å²) in [6.07, 6.45) is 4.73.